The number of likely N-dealkylation sites (N-methyl/N-ethyl adjacent to an activating group) is 1. The molecule has 11 nitrogen and oxygen atoms in total. The third-order valence-corrected chi connectivity index (χ3v) is 8.44. The van der Waals surface area contributed by atoms with E-state index in [0.29, 0.717) is 40.7 Å². The summed E-state index contributed by atoms with van der Waals surface area (Å²) in [4.78, 5) is 44.4. The SMILES string of the molecule is CNC(=O)[C@@H](O)COC1CCC(Cl)C2C1C(=O)CC(C)N2Cc1c(Cl)cc(OCCOP(=O)(O)O)cc1Cl. The van der Waals surface area contributed by atoms with Crippen molar-refractivity contribution in [1.82, 2.24) is 10.2 Å². The summed E-state index contributed by atoms with van der Waals surface area (Å²) in [6.45, 7) is 1.53. The van der Waals surface area contributed by atoms with E-state index < -0.39 is 31.9 Å². The number of ketones is 1. The number of hydrogen-bond donors (Lipinski definition) is 4. The lowest BCUT2D eigenvalue weighted by atomic mass is 9.73. The van der Waals surface area contributed by atoms with Crippen molar-refractivity contribution >= 4 is 54.3 Å². The minimum Gasteiger partial charge on any atom is -0.491 e. The summed E-state index contributed by atoms with van der Waals surface area (Å²) in [6.07, 6.45) is -0.497. The van der Waals surface area contributed by atoms with Crippen LogP contribution in [0.25, 0.3) is 0 Å². The number of carbonyl (C=O) groups excluding carboxylic acids is 2. The maximum atomic E-state index is 13.2. The zero-order chi connectivity index (χ0) is 28.2. The Hall–Kier alpha value is -0.980. The number of Topliss-reactive ketones (excluding diaryl/α,β-unsaturated/α-hetero) is 1. The zero-order valence-corrected chi connectivity index (χ0v) is 24.1. The van der Waals surface area contributed by atoms with Crippen molar-refractivity contribution < 1.29 is 43.0 Å². The summed E-state index contributed by atoms with van der Waals surface area (Å²) in [5.74, 6) is -0.798. The molecule has 1 heterocycles. The summed E-state index contributed by atoms with van der Waals surface area (Å²) in [7, 11) is -3.18. The molecule has 4 N–H and O–H groups in total. The van der Waals surface area contributed by atoms with Crippen LogP contribution in [0.5, 0.6) is 5.75 Å². The van der Waals surface area contributed by atoms with Crippen LogP contribution >= 0.6 is 42.6 Å². The number of amides is 1. The number of rotatable bonds is 11. The Morgan fingerprint density at radius 3 is 2.50 bits per heavy atom. The van der Waals surface area contributed by atoms with Crippen molar-refractivity contribution in [3.63, 3.8) is 0 Å². The van der Waals surface area contributed by atoms with Crippen LogP contribution in [0.3, 0.4) is 0 Å². The number of nitrogens with zero attached hydrogens (tertiary/aromatic N) is 1. The van der Waals surface area contributed by atoms with Gasteiger partial charge in [-0.2, -0.15) is 0 Å². The van der Waals surface area contributed by atoms with Gasteiger partial charge in [0.25, 0.3) is 5.91 Å². The van der Waals surface area contributed by atoms with Crippen molar-refractivity contribution in [3.8, 4) is 5.75 Å². The van der Waals surface area contributed by atoms with E-state index in [2.05, 4.69) is 14.7 Å². The van der Waals surface area contributed by atoms with E-state index >= 15 is 0 Å². The predicted molar refractivity (Wildman–Crippen MR) is 141 cm³/mol. The number of phosphoric acid groups is 1. The fourth-order valence-electron chi connectivity index (χ4n) is 4.99. The van der Waals surface area contributed by atoms with Crippen LogP contribution in [0.1, 0.15) is 31.7 Å². The van der Waals surface area contributed by atoms with Crippen LogP contribution in [0, 0.1) is 5.92 Å². The molecule has 15 heteroatoms. The van der Waals surface area contributed by atoms with Crippen molar-refractivity contribution in [2.75, 3.05) is 26.9 Å². The summed E-state index contributed by atoms with van der Waals surface area (Å²) < 4.78 is 26.5. The molecular formula is C23H32Cl3N2O9P. The average molecular weight is 618 g/mol. The van der Waals surface area contributed by atoms with Gasteiger partial charge < -0.3 is 29.7 Å². The number of phosphoric ester groups is 1. The molecule has 1 aliphatic heterocycles. The van der Waals surface area contributed by atoms with Crippen molar-refractivity contribution in [3.05, 3.63) is 27.7 Å². The molecule has 2 fully saturated rings. The number of halogens is 3. The molecule has 1 aromatic rings. The number of alkyl halides is 1. The smallest absolute Gasteiger partial charge is 0.469 e. The first-order valence-corrected chi connectivity index (χ1v) is 14.8. The number of fused-ring (bicyclic) bond motifs is 1. The molecule has 1 saturated heterocycles. The second kappa shape index (κ2) is 13.6. The first-order valence-electron chi connectivity index (χ1n) is 12.1. The number of ether oxygens (including phenoxy) is 2. The molecule has 3 rings (SSSR count). The largest absolute Gasteiger partial charge is 0.491 e. The van der Waals surface area contributed by atoms with E-state index in [1.807, 2.05) is 6.92 Å². The number of carbonyl (C=O) groups is 2. The van der Waals surface area contributed by atoms with Gasteiger partial charge in [0.15, 0.2) is 6.10 Å². The van der Waals surface area contributed by atoms with Gasteiger partial charge in [0.05, 0.1) is 40.7 Å². The van der Waals surface area contributed by atoms with E-state index in [0.717, 1.165) is 0 Å². The fourth-order valence-corrected chi connectivity index (χ4v) is 6.31. The lowest BCUT2D eigenvalue weighted by Crippen LogP contribution is -2.62. The van der Waals surface area contributed by atoms with Crippen LogP contribution in [0.4, 0.5) is 0 Å². The number of piperidine rings is 1. The van der Waals surface area contributed by atoms with Crippen molar-refractivity contribution in [2.24, 2.45) is 5.92 Å². The number of aliphatic hydroxyl groups is 1. The Balaban J connectivity index is 1.75. The second-order valence-corrected chi connectivity index (χ2v) is 12.0. The topological polar surface area (TPSA) is 155 Å². The van der Waals surface area contributed by atoms with Gasteiger partial charge in [-0.3, -0.25) is 19.0 Å². The lowest BCUT2D eigenvalue weighted by Gasteiger charge is -2.51. The van der Waals surface area contributed by atoms with E-state index in [1.165, 1.54) is 7.05 Å². The van der Waals surface area contributed by atoms with Gasteiger partial charge in [0, 0.05) is 37.7 Å². The molecule has 1 saturated carbocycles. The molecule has 2 aliphatic rings. The highest BCUT2D eigenvalue weighted by Crippen LogP contribution is 2.42. The highest BCUT2D eigenvalue weighted by molar-refractivity contribution is 7.46. The van der Waals surface area contributed by atoms with Gasteiger partial charge in [0.1, 0.15) is 18.1 Å². The van der Waals surface area contributed by atoms with Gasteiger partial charge in [0.2, 0.25) is 0 Å². The third-order valence-electron chi connectivity index (χ3n) is 6.77. The first-order chi connectivity index (χ1) is 17.8. The number of nitrogens with one attached hydrogen (secondary N) is 1. The monoisotopic (exact) mass is 616 g/mol. The second-order valence-electron chi connectivity index (χ2n) is 9.34. The Kier molecular flexibility index (Phi) is 11.3. The molecule has 1 aliphatic carbocycles. The summed E-state index contributed by atoms with van der Waals surface area (Å²) in [6, 6.07) is 2.55. The summed E-state index contributed by atoms with van der Waals surface area (Å²) >= 11 is 19.9. The fraction of sp³-hybridized carbons (Fsp3) is 0.652. The maximum absolute atomic E-state index is 13.2. The van der Waals surface area contributed by atoms with Gasteiger partial charge in [-0.25, -0.2) is 4.57 Å². The predicted octanol–water partition coefficient (Wildman–Crippen LogP) is 2.52. The molecule has 0 bridgehead atoms. The van der Waals surface area contributed by atoms with Crippen LogP contribution in [-0.4, -0.2) is 88.0 Å². The Bertz CT molecular complexity index is 1040. The standard InChI is InChI=1S/C23H32Cl3N2O9P/c1-12-7-18(29)21-20(36-11-19(30)23(31)27-2)4-3-15(24)22(21)28(12)10-14-16(25)8-13(9-17(14)26)35-5-6-37-38(32,33)34/h8-9,12,15,19-22,30H,3-7,10-11H2,1-2H3,(H,27,31)(H2,32,33,34)/t12?,15?,19-,20?,21?,22?/m0/s1. The van der Waals surface area contributed by atoms with E-state index in [9.17, 15) is 19.3 Å². The number of aliphatic hydroxyl groups excluding tert-OH is 1. The van der Waals surface area contributed by atoms with Gasteiger partial charge in [-0.15, -0.1) is 11.6 Å². The Morgan fingerprint density at radius 1 is 1.24 bits per heavy atom. The minimum absolute atomic E-state index is 0.0157. The van der Waals surface area contributed by atoms with Crippen LogP contribution in [0.2, 0.25) is 10.0 Å². The molecule has 0 spiro atoms. The molecule has 0 aromatic heterocycles. The highest BCUT2D eigenvalue weighted by Gasteiger charge is 2.50. The number of likely N-dealkylation sites (tertiary alicyclic amines) is 1. The number of hydrogen-bond acceptors (Lipinski definition) is 8. The summed E-state index contributed by atoms with van der Waals surface area (Å²) in [5.41, 5.74) is 0.606. The van der Waals surface area contributed by atoms with E-state index in [1.54, 1.807) is 12.1 Å². The third kappa shape index (κ3) is 8.04. The molecule has 1 aromatic carbocycles. The molecule has 38 heavy (non-hydrogen) atoms. The van der Waals surface area contributed by atoms with Crippen molar-refractivity contribution in [1.29, 1.82) is 0 Å². The molecule has 1 amide bonds. The molecule has 0 radical (unpaired) electrons. The van der Waals surface area contributed by atoms with Gasteiger partial charge in [-0.1, -0.05) is 23.2 Å². The van der Waals surface area contributed by atoms with Crippen LogP contribution < -0.4 is 10.1 Å². The molecule has 6 atom stereocenters. The first kappa shape index (κ1) is 31.5. The van der Waals surface area contributed by atoms with Crippen LogP contribution in [0.15, 0.2) is 12.1 Å². The average Bonchev–Trinajstić information content (AvgIpc) is 2.83. The van der Waals surface area contributed by atoms with Crippen molar-refractivity contribution in [2.45, 2.75) is 62.4 Å². The zero-order valence-electron chi connectivity index (χ0n) is 20.9. The lowest BCUT2D eigenvalue weighted by molar-refractivity contribution is -0.150. The molecular weight excluding hydrogens is 586 g/mol. The normalized spacial score (nSPS) is 27.1. The highest BCUT2D eigenvalue weighted by atomic mass is 35.5. The van der Waals surface area contributed by atoms with E-state index in [-0.39, 0.29) is 49.5 Å². The number of benzene rings is 1. The van der Waals surface area contributed by atoms with Crippen LogP contribution in [-0.2, 0) is 30.0 Å². The quantitative estimate of drug-likeness (QED) is 0.165. The van der Waals surface area contributed by atoms with E-state index in [4.69, 9.17) is 54.1 Å². The molecule has 5 unspecified atom stereocenters. The summed E-state index contributed by atoms with van der Waals surface area (Å²) in [5, 5.41) is 12.6. The van der Waals surface area contributed by atoms with Gasteiger partial charge >= 0.3 is 7.82 Å². The molecule has 214 valence electrons. The van der Waals surface area contributed by atoms with Gasteiger partial charge in [-0.05, 0) is 31.9 Å². The Morgan fingerprint density at radius 2 is 1.89 bits per heavy atom. The minimum atomic E-state index is -4.59. The maximum Gasteiger partial charge on any atom is 0.469 e. The Labute approximate surface area is 235 Å².